The van der Waals surface area contributed by atoms with Gasteiger partial charge < -0.3 is 18.7 Å². The topological polar surface area (TPSA) is 99.2 Å². The molecule has 5 rings (SSSR count). The Hall–Kier alpha value is -4.08. The Kier molecular flexibility index (Phi) is 5.33. The number of carbonyl (C=O) groups is 1. The van der Waals surface area contributed by atoms with Crippen LogP contribution in [0.1, 0.15) is 28.9 Å². The minimum atomic E-state index is -0.318. The van der Waals surface area contributed by atoms with E-state index in [1.807, 2.05) is 17.6 Å². The Labute approximate surface area is 188 Å². The van der Waals surface area contributed by atoms with Crippen LogP contribution in [0.25, 0.3) is 22.6 Å². The summed E-state index contributed by atoms with van der Waals surface area (Å²) in [6.45, 7) is 5.83. The van der Waals surface area contributed by atoms with Crippen LogP contribution in [0.3, 0.4) is 0 Å². The van der Waals surface area contributed by atoms with Gasteiger partial charge in [-0.2, -0.15) is 0 Å². The minimum Gasteiger partial charge on any atom is -0.473 e. The summed E-state index contributed by atoms with van der Waals surface area (Å²) in [7, 11) is 0. The summed E-state index contributed by atoms with van der Waals surface area (Å²) >= 11 is 0. The van der Waals surface area contributed by atoms with Gasteiger partial charge in [0.05, 0.1) is 5.56 Å². The van der Waals surface area contributed by atoms with E-state index in [-0.39, 0.29) is 18.3 Å². The smallest absolute Gasteiger partial charge is 0.291 e. The molecule has 0 unspecified atom stereocenters. The van der Waals surface area contributed by atoms with Crippen molar-refractivity contribution in [2.75, 3.05) is 13.1 Å². The van der Waals surface area contributed by atoms with Crippen molar-refractivity contribution in [3.8, 4) is 28.5 Å². The van der Waals surface area contributed by atoms with Gasteiger partial charge in [0.1, 0.15) is 23.9 Å². The molecule has 0 spiro atoms. The van der Waals surface area contributed by atoms with Crippen LogP contribution < -0.4 is 4.74 Å². The van der Waals surface area contributed by atoms with Crippen molar-refractivity contribution >= 4 is 5.91 Å². The lowest BCUT2D eigenvalue weighted by Gasteiger charge is -2.26. The van der Waals surface area contributed by atoms with E-state index in [0.29, 0.717) is 48.6 Å². The van der Waals surface area contributed by atoms with E-state index in [0.717, 1.165) is 16.7 Å². The fourth-order valence-corrected chi connectivity index (χ4v) is 3.79. The number of carbonyl (C=O) groups excluding carboxylic acids is 1. The monoisotopic (exact) mass is 448 g/mol. The molecule has 0 saturated heterocycles. The second-order valence-electron chi connectivity index (χ2n) is 7.63. The van der Waals surface area contributed by atoms with Gasteiger partial charge >= 0.3 is 0 Å². The SMILES string of the molecule is CCN1CCn2c(nnc2-c2ccc(OCc3c(-c4ccc(F)cc4)noc3C)nc2)C1=O. The van der Waals surface area contributed by atoms with Crippen molar-refractivity contribution in [1.82, 2.24) is 29.8 Å². The number of aryl methyl sites for hydroxylation is 1. The molecular formula is C23H21FN6O3. The Morgan fingerprint density at radius 3 is 2.55 bits per heavy atom. The molecule has 33 heavy (non-hydrogen) atoms. The Morgan fingerprint density at radius 1 is 1.06 bits per heavy atom. The summed E-state index contributed by atoms with van der Waals surface area (Å²) in [4.78, 5) is 18.6. The van der Waals surface area contributed by atoms with Gasteiger partial charge in [-0.1, -0.05) is 5.16 Å². The second-order valence-corrected chi connectivity index (χ2v) is 7.63. The molecule has 0 aliphatic carbocycles. The first-order chi connectivity index (χ1) is 16.0. The predicted molar refractivity (Wildman–Crippen MR) is 116 cm³/mol. The number of aromatic nitrogens is 5. The molecule has 9 nitrogen and oxygen atoms in total. The molecule has 0 fully saturated rings. The highest BCUT2D eigenvalue weighted by atomic mass is 19.1. The van der Waals surface area contributed by atoms with Crippen LogP contribution in [0.4, 0.5) is 4.39 Å². The highest BCUT2D eigenvalue weighted by Crippen LogP contribution is 2.27. The molecule has 10 heteroatoms. The first-order valence-electron chi connectivity index (χ1n) is 10.6. The molecule has 3 aromatic heterocycles. The van der Waals surface area contributed by atoms with E-state index in [4.69, 9.17) is 9.26 Å². The largest absolute Gasteiger partial charge is 0.473 e. The van der Waals surface area contributed by atoms with Gasteiger partial charge in [-0.15, -0.1) is 10.2 Å². The number of hydrogen-bond donors (Lipinski definition) is 0. The molecule has 4 aromatic rings. The molecular weight excluding hydrogens is 427 g/mol. The number of likely N-dealkylation sites (N-methyl/N-ethyl adjacent to an activating group) is 1. The standard InChI is InChI=1S/C23H21FN6O3/c1-3-29-10-11-30-21(26-27-22(30)23(29)31)16-6-9-19(25-12-16)32-13-18-14(2)33-28-20(18)15-4-7-17(24)8-5-15/h4-9,12H,3,10-11,13H2,1-2H3. The number of amides is 1. The molecule has 4 heterocycles. The van der Waals surface area contributed by atoms with Gasteiger partial charge in [-0.05, 0) is 44.2 Å². The zero-order valence-corrected chi connectivity index (χ0v) is 18.2. The molecule has 0 saturated carbocycles. The first-order valence-corrected chi connectivity index (χ1v) is 10.6. The van der Waals surface area contributed by atoms with Crippen LogP contribution in [-0.4, -0.2) is 48.8 Å². The summed E-state index contributed by atoms with van der Waals surface area (Å²) < 4.78 is 26.3. The van der Waals surface area contributed by atoms with Gasteiger partial charge in [0.2, 0.25) is 11.7 Å². The molecule has 0 radical (unpaired) electrons. The van der Waals surface area contributed by atoms with E-state index in [9.17, 15) is 9.18 Å². The molecule has 0 atom stereocenters. The first kappa shape index (κ1) is 20.8. The van der Waals surface area contributed by atoms with Crippen molar-refractivity contribution in [2.45, 2.75) is 27.0 Å². The lowest BCUT2D eigenvalue weighted by Crippen LogP contribution is -2.40. The van der Waals surface area contributed by atoms with E-state index < -0.39 is 0 Å². The average molecular weight is 448 g/mol. The number of benzene rings is 1. The molecule has 0 bridgehead atoms. The van der Waals surface area contributed by atoms with E-state index in [2.05, 4.69) is 20.3 Å². The van der Waals surface area contributed by atoms with Crippen LogP contribution >= 0.6 is 0 Å². The summed E-state index contributed by atoms with van der Waals surface area (Å²) in [5.41, 5.74) is 2.85. The van der Waals surface area contributed by atoms with Crippen molar-refractivity contribution < 1.29 is 18.4 Å². The lowest BCUT2D eigenvalue weighted by atomic mass is 10.1. The van der Waals surface area contributed by atoms with Crippen molar-refractivity contribution in [3.63, 3.8) is 0 Å². The quantitative estimate of drug-likeness (QED) is 0.445. The fourth-order valence-electron chi connectivity index (χ4n) is 3.79. The Balaban J connectivity index is 1.32. The van der Waals surface area contributed by atoms with Gasteiger partial charge in [0.25, 0.3) is 5.91 Å². The third kappa shape index (κ3) is 3.84. The maximum Gasteiger partial charge on any atom is 0.291 e. The van der Waals surface area contributed by atoms with Gasteiger partial charge in [-0.3, -0.25) is 4.79 Å². The van der Waals surface area contributed by atoms with Crippen molar-refractivity contribution in [3.05, 3.63) is 65.6 Å². The van der Waals surface area contributed by atoms with E-state index >= 15 is 0 Å². The molecule has 1 amide bonds. The fraction of sp³-hybridized carbons (Fsp3) is 0.261. The predicted octanol–water partition coefficient (Wildman–Crippen LogP) is 3.50. The Bertz CT molecular complexity index is 1300. The van der Waals surface area contributed by atoms with Crippen molar-refractivity contribution in [2.24, 2.45) is 0 Å². The molecule has 1 aliphatic heterocycles. The maximum absolute atomic E-state index is 13.3. The molecule has 1 aromatic carbocycles. The average Bonchev–Trinajstić information content (AvgIpc) is 3.43. The van der Waals surface area contributed by atoms with Crippen LogP contribution in [0.5, 0.6) is 5.88 Å². The summed E-state index contributed by atoms with van der Waals surface area (Å²) in [6.07, 6.45) is 1.64. The van der Waals surface area contributed by atoms with Gasteiger partial charge in [0, 0.05) is 43.0 Å². The highest BCUT2D eigenvalue weighted by Gasteiger charge is 2.28. The number of ether oxygens (including phenoxy) is 1. The third-order valence-electron chi connectivity index (χ3n) is 5.67. The van der Waals surface area contributed by atoms with Gasteiger partial charge in [0.15, 0.2) is 5.82 Å². The van der Waals surface area contributed by atoms with Crippen molar-refractivity contribution in [1.29, 1.82) is 0 Å². The summed E-state index contributed by atoms with van der Waals surface area (Å²) in [6, 6.07) is 9.61. The lowest BCUT2D eigenvalue weighted by molar-refractivity contribution is 0.0707. The molecule has 0 N–H and O–H groups in total. The number of rotatable bonds is 6. The Morgan fingerprint density at radius 2 is 1.82 bits per heavy atom. The zero-order chi connectivity index (χ0) is 22.9. The van der Waals surface area contributed by atoms with Crippen LogP contribution in [0.15, 0.2) is 47.1 Å². The van der Waals surface area contributed by atoms with Crippen LogP contribution in [-0.2, 0) is 13.2 Å². The zero-order valence-electron chi connectivity index (χ0n) is 18.2. The minimum absolute atomic E-state index is 0.114. The number of pyridine rings is 1. The number of nitrogens with zero attached hydrogens (tertiary/aromatic N) is 6. The van der Waals surface area contributed by atoms with E-state index in [1.54, 1.807) is 36.2 Å². The molecule has 168 valence electrons. The second kappa shape index (κ2) is 8.45. The number of halogens is 1. The number of fused-ring (bicyclic) bond motifs is 1. The highest BCUT2D eigenvalue weighted by molar-refractivity contribution is 5.92. The molecule has 1 aliphatic rings. The summed E-state index contributed by atoms with van der Waals surface area (Å²) in [5.74, 6) is 1.54. The number of hydrogen-bond acceptors (Lipinski definition) is 7. The maximum atomic E-state index is 13.3. The van der Waals surface area contributed by atoms with Crippen LogP contribution in [0.2, 0.25) is 0 Å². The van der Waals surface area contributed by atoms with Gasteiger partial charge in [-0.25, -0.2) is 9.37 Å². The van der Waals surface area contributed by atoms with E-state index in [1.165, 1.54) is 12.1 Å². The summed E-state index contributed by atoms with van der Waals surface area (Å²) in [5, 5.41) is 12.4. The third-order valence-corrected chi connectivity index (χ3v) is 5.67. The normalized spacial score (nSPS) is 13.3. The van der Waals surface area contributed by atoms with Crippen LogP contribution in [0, 0.1) is 12.7 Å².